The lowest BCUT2D eigenvalue weighted by Crippen LogP contribution is -2.09. The van der Waals surface area contributed by atoms with Gasteiger partial charge in [-0.1, -0.05) is 17.7 Å². The number of alkyl halides is 3. The molecule has 0 unspecified atom stereocenters. The van der Waals surface area contributed by atoms with Crippen molar-refractivity contribution in [1.82, 2.24) is 0 Å². The van der Waals surface area contributed by atoms with Gasteiger partial charge in [0, 0.05) is 10.6 Å². The first-order valence-corrected chi connectivity index (χ1v) is 6.41. The molecule has 0 bridgehead atoms. The molecule has 0 amide bonds. The lowest BCUT2D eigenvalue weighted by atomic mass is 10.1. The maximum Gasteiger partial charge on any atom is 0.419 e. The van der Waals surface area contributed by atoms with Crippen molar-refractivity contribution in [2.24, 2.45) is 0 Å². The van der Waals surface area contributed by atoms with Gasteiger partial charge in [-0.05, 0) is 35.9 Å². The van der Waals surface area contributed by atoms with E-state index < -0.39 is 17.6 Å². The Bertz CT molecular complexity index is 698. The van der Waals surface area contributed by atoms with Gasteiger partial charge in [0.05, 0.1) is 5.56 Å². The van der Waals surface area contributed by atoms with Crippen molar-refractivity contribution >= 4 is 17.9 Å². The van der Waals surface area contributed by atoms with Crippen molar-refractivity contribution in [3.63, 3.8) is 0 Å². The summed E-state index contributed by atoms with van der Waals surface area (Å²) in [5, 5.41) is 0.259. The number of hydrogen-bond acceptors (Lipinski definition) is 2. The standard InChI is InChI=1S/C15H9ClF4O2/c16-11-3-10(7-21)4-12(6-11)22-8-9-1-2-14(17)13(5-9)15(18,19)20/h1-7H,8H2. The molecule has 0 heterocycles. The fourth-order valence-corrected chi connectivity index (χ4v) is 2.02. The van der Waals surface area contributed by atoms with Crippen LogP contribution in [0.1, 0.15) is 21.5 Å². The van der Waals surface area contributed by atoms with Gasteiger partial charge >= 0.3 is 6.18 Å². The van der Waals surface area contributed by atoms with Crippen LogP contribution in [0.4, 0.5) is 17.6 Å². The topological polar surface area (TPSA) is 26.3 Å². The molecule has 2 aromatic carbocycles. The van der Waals surface area contributed by atoms with Gasteiger partial charge in [0.1, 0.15) is 24.5 Å². The summed E-state index contributed by atoms with van der Waals surface area (Å²) in [4.78, 5) is 10.7. The number of benzene rings is 2. The molecule has 0 N–H and O–H groups in total. The van der Waals surface area contributed by atoms with Crippen LogP contribution in [0.5, 0.6) is 5.75 Å². The molecule has 0 saturated heterocycles. The highest BCUT2D eigenvalue weighted by molar-refractivity contribution is 6.31. The molecule has 0 atom stereocenters. The van der Waals surface area contributed by atoms with Gasteiger partial charge in [0.15, 0.2) is 0 Å². The van der Waals surface area contributed by atoms with E-state index in [-0.39, 0.29) is 28.5 Å². The first-order chi connectivity index (χ1) is 10.3. The van der Waals surface area contributed by atoms with Crippen LogP contribution in [0, 0.1) is 5.82 Å². The predicted molar refractivity (Wildman–Crippen MR) is 72.6 cm³/mol. The van der Waals surface area contributed by atoms with Crippen molar-refractivity contribution in [3.8, 4) is 5.75 Å². The molecule has 2 rings (SSSR count). The van der Waals surface area contributed by atoms with Crippen molar-refractivity contribution < 1.29 is 27.1 Å². The average Bonchev–Trinajstić information content (AvgIpc) is 2.44. The summed E-state index contributed by atoms with van der Waals surface area (Å²) >= 11 is 5.78. The Morgan fingerprint density at radius 3 is 2.50 bits per heavy atom. The monoisotopic (exact) mass is 332 g/mol. The molecule has 22 heavy (non-hydrogen) atoms. The van der Waals surface area contributed by atoms with Crippen LogP contribution in [0.25, 0.3) is 0 Å². The lowest BCUT2D eigenvalue weighted by Gasteiger charge is -2.11. The molecule has 7 heteroatoms. The van der Waals surface area contributed by atoms with Gasteiger partial charge in [-0.25, -0.2) is 4.39 Å². The minimum Gasteiger partial charge on any atom is -0.489 e. The van der Waals surface area contributed by atoms with Gasteiger partial charge in [0.25, 0.3) is 0 Å². The van der Waals surface area contributed by atoms with Crippen LogP contribution in [0.3, 0.4) is 0 Å². The van der Waals surface area contributed by atoms with Crippen LogP contribution < -0.4 is 4.74 Å². The predicted octanol–water partition coefficient (Wildman–Crippen LogP) is 4.89. The van der Waals surface area contributed by atoms with E-state index in [1.807, 2.05) is 0 Å². The van der Waals surface area contributed by atoms with Crippen LogP contribution in [-0.4, -0.2) is 6.29 Å². The highest BCUT2D eigenvalue weighted by atomic mass is 35.5. The first-order valence-electron chi connectivity index (χ1n) is 6.04. The summed E-state index contributed by atoms with van der Waals surface area (Å²) < 4.78 is 56.3. The number of rotatable bonds is 4. The molecule has 2 aromatic rings. The zero-order valence-corrected chi connectivity index (χ0v) is 11.7. The highest BCUT2D eigenvalue weighted by Crippen LogP contribution is 2.32. The second-order valence-electron chi connectivity index (χ2n) is 4.44. The molecule has 0 saturated carbocycles. The Morgan fingerprint density at radius 2 is 1.86 bits per heavy atom. The third-order valence-electron chi connectivity index (χ3n) is 2.77. The fourth-order valence-electron chi connectivity index (χ4n) is 1.78. The average molecular weight is 333 g/mol. The van der Waals surface area contributed by atoms with E-state index in [0.29, 0.717) is 12.4 Å². The van der Waals surface area contributed by atoms with Gasteiger partial charge in [0.2, 0.25) is 0 Å². The molecular formula is C15H9ClF4O2. The maximum atomic E-state index is 13.2. The Hall–Kier alpha value is -2.08. The number of halogens is 5. The third kappa shape index (κ3) is 3.98. The number of hydrogen-bond donors (Lipinski definition) is 0. The smallest absolute Gasteiger partial charge is 0.419 e. The summed E-state index contributed by atoms with van der Waals surface area (Å²) in [7, 11) is 0. The zero-order chi connectivity index (χ0) is 16.3. The third-order valence-corrected chi connectivity index (χ3v) is 2.99. The van der Waals surface area contributed by atoms with Crippen molar-refractivity contribution in [2.75, 3.05) is 0 Å². The number of carbonyl (C=O) groups is 1. The highest BCUT2D eigenvalue weighted by Gasteiger charge is 2.34. The van der Waals surface area contributed by atoms with E-state index in [4.69, 9.17) is 16.3 Å². The van der Waals surface area contributed by atoms with Gasteiger partial charge in [-0.2, -0.15) is 13.2 Å². The van der Waals surface area contributed by atoms with E-state index in [2.05, 4.69) is 0 Å². The number of aldehydes is 1. The second kappa shape index (κ2) is 6.36. The van der Waals surface area contributed by atoms with E-state index in [0.717, 1.165) is 6.07 Å². The quantitative estimate of drug-likeness (QED) is 0.588. The molecule has 0 aliphatic rings. The molecule has 2 nitrogen and oxygen atoms in total. The normalized spacial score (nSPS) is 11.3. The molecule has 0 spiro atoms. The molecule has 116 valence electrons. The lowest BCUT2D eigenvalue weighted by molar-refractivity contribution is -0.140. The van der Waals surface area contributed by atoms with Crippen molar-refractivity contribution in [2.45, 2.75) is 12.8 Å². The summed E-state index contributed by atoms with van der Waals surface area (Å²) in [6.07, 6.45) is -4.21. The van der Waals surface area contributed by atoms with Crippen LogP contribution in [0.15, 0.2) is 36.4 Å². The second-order valence-corrected chi connectivity index (χ2v) is 4.88. The number of carbonyl (C=O) groups excluding carboxylic acids is 1. The number of ether oxygens (including phenoxy) is 1. The molecule has 0 aromatic heterocycles. The van der Waals surface area contributed by atoms with E-state index in [9.17, 15) is 22.4 Å². The SMILES string of the molecule is O=Cc1cc(Cl)cc(OCc2ccc(F)c(C(F)(F)F)c2)c1. The zero-order valence-electron chi connectivity index (χ0n) is 11.0. The van der Waals surface area contributed by atoms with E-state index in [1.54, 1.807) is 0 Å². The van der Waals surface area contributed by atoms with Crippen molar-refractivity contribution in [3.05, 3.63) is 63.9 Å². The van der Waals surface area contributed by atoms with Crippen molar-refractivity contribution in [1.29, 1.82) is 0 Å². The Kier molecular flexibility index (Phi) is 4.71. The van der Waals surface area contributed by atoms with Gasteiger partial charge < -0.3 is 4.74 Å². The van der Waals surface area contributed by atoms with Crippen LogP contribution >= 0.6 is 11.6 Å². The Labute approximate surface area is 128 Å². The first kappa shape index (κ1) is 16.3. The minimum absolute atomic E-state index is 0.140. The van der Waals surface area contributed by atoms with Gasteiger partial charge in [-0.15, -0.1) is 0 Å². The molecular weight excluding hydrogens is 324 g/mol. The maximum absolute atomic E-state index is 13.2. The van der Waals surface area contributed by atoms with Crippen LogP contribution in [0.2, 0.25) is 5.02 Å². The van der Waals surface area contributed by atoms with Crippen LogP contribution in [-0.2, 0) is 12.8 Å². The molecule has 0 fully saturated rings. The Morgan fingerprint density at radius 1 is 1.14 bits per heavy atom. The van der Waals surface area contributed by atoms with Gasteiger partial charge in [-0.3, -0.25) is 4.79 Å². The van der Waals surface area contributed by atoms with E-state index >= 15 is 0 Å². The molecule has 0 radical (unpaired) electrons. The fraction of sp³-hybridized carbons (Fsp3) is 0.133. The Balaban J connectivity index is 2.19. The summed E-state index contributed by atoms with van der Waals surface area (Å²) in [6, 6.07) is 6.84. The minimum atomic E-state index is -4.78. The summed E-state index contributed by atoms with van der Waals surface area (Å²) in [6.45, 7) is -0.220. The molecule has 0 aliphatic carbocycles. The molecule has 0 aliphatic heterocycles. The summed E-state index contributed by atoms with van der Waals surface area (Å²) in [5.41, 5.74) is -0.938. The largest absolute Gasteiger partial charge is 0.489 e. The van der Waals surface area contributed by atoms with E-state index in [1.165, 1.54) is 24.3 Å². The summed E-state index contributed by atoms with van der Waals surface area (Å²) in [5.74, 6) is -1.12.